The fourth-order valence-corrected chi connectivity index (χ4v) is 7.60. The number of hydrogen-bond donors (Lipinski definition) is 6. The lowest BCUT2D eigenvalue weighted by Crippen LogP contribution is -2.64. The second-order valence-electron chi connectivity index (χ2n) is 15.9. The quantitative estimate of drug-likeness (QED) is 0.0149. The van der Waals surface area contributed by atoms with Crippen LogP contribution in [0.25, 0.3) is 0 Å². The zero-order chi connectivity index (χ0) is 45.0. The third-order valence-corrected chi connectivity index (χ3v) is 11.3. The molecule has 1 fully saturated rings. The Labute approximate surface area is 366 Å². The van der Waals surface area contributed by atoms with Crippen molar-refractivity contribution in [2.75, 3.05) is 13.2 Å². The molecule has 1 aliphatic rings. The van der Waals surface area contributed by atoms with Crippen molar-refractivity contribution in [3.63, 3.8) is 0 Å². The number of esters is 2. The van der Waals surface area contributed by atoms with Gasteiger partial charge in [0.05, 0.1) is 6.61 Å². The van der Waals surface area contributed by atoms with Crippen molar-refractivity contribution in [1.82, 2.24) is 0 Å². The molecule has 0 bridgehead atoms. The van der Waals surface area contributed by atoms with E-state index in [2.05, 4.69) is 74.6 Å². The molecule has 0 amide bonds. The fourth-order valence-electron chi connectivity index (χ4n) is 6.62. The number of aliphatic hydroxyl groups excluding tert-OH is 5. The van der Waals surface area contributed by atoms with E-state index < -0.39 is 75.7 Å². The van der Waals surface area contributed by atoms with Crippen molar-refractivity contribution in [1.29, 1.82) is 0 Å². The van der Waals surface area contributed by atoms with Gasteiger partial charge in [0.15, 0.2) is 6.10 Å². The van der Waals surface area contributed by atoms with Gasteiger partial charge in [-0.25, -0.2) is 4.57 Å². The van der Waals surface area contributed by atoms with Crippen LogP contribution in [0.5, 0.6) is 0 Å². The molecule has 352 valence electrons. The Bertz CT molecular complexity index is 1300. The van der Waals surface area contributed by atoms with Crippen LogP contribution in [0.1, 0.15) is 168 Å². The minimum Gasteiger partial charge on any atom is -0.462 e. The van der Waals surface area contributed by atoms with Gasteiger partial charge >= 0.3 is 19.8 Å². The van der Waals surface area contributed by atoms with Gasteiger partial charge in [0.1, 0.15) is 43.2 Å². The third kappa shape index (κ3) is 29.5. The maximum Gasteiger partial charge on any atom is 0.472 e. The first kappa shape index (κ1) is 56.6. The molecule has 13 nitrogen and oxygen atoms in total. The van der Waals surface area contributed by atoms with Crippen LogP contribution in [0.15, 0.2) is 60.8 Å². The van der Waals surface area contributed by atoms with Gasteiger partial charge in [-0.2, -0.15) is 0 Å². The van der Waals surface area contributed by atoms with E-state index in [4.69, 9.17) is 18.5 Å². The molecule has 8 atom stereocenters. The number of rotatable bonds is 37. The lowest BCUT2D eigenvalue weighted by atomic mass is 9.85. The topological polar surface area (TPSA) is 210 Å². The minimum atomic E-state index is -5.13. The summed E-state index contributed by atoms with van der Waals surface area (Å²) in [4.78, 5) is 35.7. The molecule has 6 N–H and O–H groups in total. The molecule has 0 aliphatic heterocycles. The van der Waals surface area contributed by atoms with E-state index in [0.717, 1.165) is 89.9 Å². The smallest absolute Gasteiger partial charge is 0.462 e. The zero-order valence-corrected chi connectivity index (χ0v) is 38.1. The van der Waals surface area contributed by atoms with E-state index in [0.29, 0.717) is 12.8 Å². The van der Waals surface area contributed by atoms with E-state index in [1.54, 1.807) is 0 Å². The van der Waals surface area contributed by atoms with Crippen molar-refractivity contribution >= 4 is 19.8 Å². The number of phosphoric ester groups is 1. The summed E-state index contributed by atoms with van der Waals surface area (Å²) in [6.45, 7) is 3.15. The Morgan fingerprint density at radius 2 is 0.934 bits per heavy atom. The van der Waals surface area contributed by atoms with Crippen LogP contribution < -0.4 is 0 Å². The van der Waals surface area contributed by atoms with Crippen molar-refractivity contribution in [2.24, 2.45) is 0 Å². The van der Waals surface area contributed by atoms with Gasteiger partial charge in [-0.1, -0.05) is 139 Å². The number of hydrogen-bond acceptors (Lipinski definition) is 12. The summed E-state index contributed by atoms with van der Waals surface area (Å²) >= 11 is 0. The standard InChI is InChI=1S/C47H81O13P/c1-3-5-7-9-11-13-15-17-19-20-22-24-26-28-30-32-34-36-41(49)59-39(38-58-61(55,56)60-47-45(53)43(51)42(50)44(52)46(47)54)37-57-40(48)35-33-31-29-27-25-23-21-18-16-14-12-10-8-6-4-2/h5,7,11,13,17-19,21-22,24,39,42-47,50-54H,3-4,6,8-10,12,14-16,20,23,25-38H2,1-2H3,(H,55,56)/b7-5-,13-11-,19-17-,21-18-,24-22-/t39-,42?,43-,44?,45?,46?,47?/m1/s1. The number of carbonyl (C=O) groups excluding carboxylic acids is 2. The highest BCUT2D eigenvalue weighted by atomic mass is 31.2. The number of carbonyl (C=O) groups is 2. The maximum atomic E-state index is 12.8. The van der Waals surface area contributed by atoms with Crippen LogP contribution in [0, 0.1) is 0 Å². The monoisotopic (exact) mass is 885 g/mol. The van der Waals surface area contributed by atoms with Gasteiger partial charge in [-0.3, -0.25) is 18.6 Å². The van der Waals surface area contributed by atoms with E-state index >= 15 is 0 Å². The summed E-state index contributed by atoms with van der Waals surface area (Å²) in [6, 6.07) is 0. The summed E-state index contributed by atoms with van der Waals surface area (Å²) in [7, 11) is -5.13. The summed E-state index contributed by atoms with van der Waals surface area (Å²) in [5, 5.41) is 50.1. The van der Waals surface area contributed by atoms with Gasteiger partial charge in [0.2, 0.25) is 0 Å². The summed E-state index contributed by atoms with van der Waals surface area (Å²) in [5.74, 6) is -1.14. The first-order chi connectivity index (χ1) is 29.4. The number of unbranched alkanes of at least 4 members (excludes halogenated alkanes) is 15. The Morgan fingerprint density at radius 3 is 1.44 bits per heavy atom. The van der Waals surface area contributed by atoms with Crippen LogP contribution in [0.4, 0.5) is 0 Å². The Hall–Kier alpha value is -2.45. The molecule has 0 aromatic heterocycles. The van der Waals surface area contributed by atoms with Crippen LogP contribution in [-0.4, -0.2) is 98.3 Å². The molecule has 1 aliphatic carbocycles. The van der Waals surface area contributed by atoms with Crippen LogP contribution in [-0.2, 0) is 32.7 Å². The molecule has 0 heterocycles. The van der Waals surface area contributed by atoms with Gasteiger partial charge in [-0.15, -0.1) is 0 Å². The number of aliphatic hydroxyl groups is 5. The van der Waals surface area contributed by atoms with Crippen LogP contribution >= 0.6 is 7.82 Å². The normalized spacial score (nSPS) is 22.6. The molecule has 1 rings (SSSR count). The molecule has 14 heteroatoms. The van der Waals surface area contributed by atoms with E-state index in [-0.39, 0.29) is 12.8 Å². The molecule has 0 spiro atoms. The summed E-state index contributed by atoms with van der Waals surface area (Å²) in [6.07, 6.45) is 31.3. The Balaban J connectivity index is 2.49. The van der Waals surface area contributed by atoms with Gasteiger partial charge in [0, 0.05) is 12.8 Å². The Kier molecular flexibility index (Phi) is 34.3. The largest absolute Gasteiger partial charge is 0.472 e. The molecule has 1 saturated carbocycles. The highest BCUT2D eigenvalue weighted by molar-refractivity contribution is 7.47. The molecule has 0 radical (unpaired) electrons. The predicted molar refractivity (Wildman–Crippen MR) is 239 cm³/mol. The lowest BCUT2D eigenvalue weighted by Gasteiger charge is -2.41. The molecule has 6 unspecified atom stereocenters. The Morgan fingerprint density at radius 1 is 0.525 bits per heavy atom. The molecule has 0 saturated heterocycles. The number of ether oxygens (including phenoxy) is 2. The second kappa shape index (κ2) is 37.0. The minimum absolute atomic E-state index is 0.0647. The number of phosphoric acid groups is 1. The van der Waals surface area contributed by atoms with Crippen LogP contribution in [0.2, 0.25) is 0 Å². The molecule has 0 aromatic carbocycles. The van der Waals surface area contributed by atoms with Gasteiger partial charge in [0.25, 0.3) is 0 Å². The third-order valence-electron chi connectivity index (χ3n) is 10.3. The second-order valence-corrected chi connectivity index (χ2v) is 17.3. The zero-order valence-electron chi connectivity index (χ0n) is 37.2. The van der Waals surface area contributed by atoms with Crippen LogP contribution in [0.3, 0.4) is 0 Å². The van der Waals surface area contributed by atoms with Crippen molar-refractivity contribution in [3.8, 4) is 0 Å². The highest BCUT2D eigenvalue weighted by Crippen LogP contribution is 2.47. The highest BCUT2D eigenvalue weighted by Gasteiger charge is 2.51. The van der Waals surface area contributed by atoms with Gasteiger partial charge in [-0.05, 0) is 77.0 Å². The van der Waals surface area contributed by atoms with E-state index in [9.17, 15) is 44.6 Å². The molecule has 0 aromatic rings. The number of allylic oxidation sites excluding steroid dienone is 10. The van der Waals surface area contributed by atoms with E-state index in [1.807, 2.05) is 0 Å². The molecular formula is C47H81O13P. The summed E-state index contributed by atoms with van der Waals surface area (Å²) < 4.78 is 33.5. The molecule has 61 heavy (non-hydrogen) atoms. The molecular weight excluding hydrogens is 803 g/mol. The maximum absolute atomic E-state index is 12.8. The van der Waals surface area contributed by atoms with Crippen molar-refractivity contribution < 1.29 is 63.1 Å². The summed E-state index contributed by atoms with van der Waals surface area (Å²) in [5.41, 5.74) is 0. The van der Waals surface area contributed by atoms with Crippen molar-refractivity contribution in [2.45, 2.75) is 211 Å². The SMILES string of the molecule is CC/C=C\C/C=C\C/C=C\C/C=C\CCCCCCC(=O)O[C@H](COC(=O)CCCCCCC/C=C\CCCCCCCC)COP(=O)(O)OC1C(O)C(O)C(O)[C@@H](O)C1O. The lowest BCUT2D eigenvalue weighted by molar-refractivity contribution is -0.220. The van der Waals surface area contributed by atoms with Gasteiger partial charge < -0.3 is 39.9 Å². The average Bonchev–Trinajstić information content (AvgIpc) is 3.24. The first-order valence-corrected chi connectivity index (χ1v) is 24.6. The first-order valence-electron chi connectivity index (χ1n) is 23.1. The van der Waals surface area contributed by atoms with E-state index in [1.165, 1.54) is 38.5 Å². The predicted octanol–water partition coefficient (Wildman–Crippen LogP) is 8.94. The fraction of sp³-hybridized carbons (Fsp3) is 0.745. The average molecular weight is 885 g/mol. The van der Waals surface area contributed by atoms with Crippen molar-refractivity contribution in [3.05, 3.63) is 60.8 Å².